The molecule has 0 spiro atoms. The highest BCUT2D eigenvalue weighted by atomic mass is 35.5. The summed E-state index contributed by atoms with van der Waals surface area (Å²) in [6, 6.07) is 12.3. The largest absolute Gasteiger partial charge is 0.379 e. The van der Waals surface area contributed by atoms with Crippen molar-refractivity contribution in [2.75, 3.05) is 17.7 Å². The Morgan fingerprint density at radius 2 is 1.92 bits per heavy atom. The lowest BCUT2D eigenvalue weighted by Crippen LogP contribution is -2.29. The molecule has 2 aromatic carbocycles. The predicted octanol–water partition coefficient (Wildman–Crippen LogP) is 3.51. The van der Waals surface area contributed by atoms with Gasteiger partial charge in [-0.05, 0) is 43.2 Å². The van der Waals surface area contributed by atoms with Crippen molar-refractivity contribution in [1.29, 1.82) is 0 Å². The van der Waals surface area contributed by atoms with Gasteiger partial charge in [-0.2, -0.15) is 8.42 Å². The molecule has 0 radical (unpaired) electrons. The SMILES string of the molecule is Cc1ccccc1OS(=O)(=O)c1cccc(NC(=O)NCCCCl)c1. The van der Waals surface area contributed by atoms with E-state index in [1.165, 1.54) is 18.2 Å². The van der Waals surface area contributed by atoms with E-state index in [0.29, 0.717) is 30.1 Å². The molecule has 6 nitrogen and oxygen atoms in total. The van der Waals surface area contributed by atoms with Gasteiger partial charge in [-0.3, -0.25) is 0 Å². The van der Waals surface area contributed by atoms with Gasteiger partial charge in [0.05, 0.1) is 0 Å². The number of para-hydroxylation sites is 1. The molecule has 0 aliphatic rings. The highest BCUT2D eigenvalue weighted by Crippen LogP contribution is 2.23. The maximum Gasteiger partial charge on any atom is 0.339 e. The van der Waals surface area contributed by atoms with Crippen molar-refractivity contribution < 1.29 is 17.4 Å². The first-order valence-corrected chi connectivity index (χ1v) is 9.57. The lowest BCUT2D eigenvalue weighted by Gasteiger charge is -2.11. The summed E-state index contributed by atoms with van der Waals surface area (Å²) in [7, 11) is -4.00. The quantitative estimate of drug-likeness (QED) is 0.436. The molecule has 0 aromatic heterocycles. The molecular weight excluding hydrogens is 364 g/mol. The van der Waals surface area contributed by atoms with Gasteiger partial charge in [-0.1, -0.05) is 24.3 Å². The fraction of sp³-hybridized carbons (Fsp3) is 0.235. The number of hydrogen-bond donors (Lipinski definition) is 2. The van der Waals surface area contributed by atoms with Crippen LogP contribution in [0, 0.1) is 6.92 Å². The van der Waals surface area contributed by atoms with Crippen molar-refractivity contribution in [3.8, 4) is 5.75 Å². The Balaban J connectivity index is 2.11. The van der Waals surface area contributed by atoms with Crippen molar-refractivity contribution in [3.05, 3.63) is 54.1 Å². The van der Waals surface area contributed by atoms with E-state index in [0.717, 1.165) is 0 Å². The molecular formula is C17H19ClN2O4S. The zero-order valence-electron chi connectivity index (χ0n) is 13.7. The van der Waals surface area contributed by atoms with Crippen LogP contribution in [-0.4, -0.2) is 26.9 Å². The highest BCUT2D eigenvalue weighted by molar-refractivity contribution is 7.87. The zero-order valence-corrected chi connectivity index (χ0v) is 15.2. The highest BCUT2D eigenvalue weighted by Gasteiger charge is 2.18. The summed E-state index contributed by atoms with van der Waals surface area (Å²) in [5.74, 6) is 0.712. The monoisotopic (exact) mass is 382 g/mol. The Labute approximate surface area is 152 Å². The number of amides is 2. The molecule has 2 rings (SSSR count). The van der Waals surface area contributed by atoms with Crippen LogP contribution in [0.25, 0.3) is 0 Å². The van der Waals surface area contributed by atoms with E-state index in [2.05, 4.69) is 10.6 Å². The maximum atomic E-state index is 12.4. The van der Waals surface area contributed by atoms with Gasteiger partial charge < -0.3 is 14.8 Å². The number of hydrogen-bond acceptors (Lipinski definition) is 4. The van der Waals surface area contributed by atoms with Crippen LogP contribution in [0.2, 0.25) is 0 Å². The van der Waals surface area contributed by atoms with Crippen LogP contribution in [0.5, 0.6) is 5.75 Å². The summed E-state index contributed by atoms with van der Waals surface area (Å²) in [4.78, 5) is 11.7. The lowest BCUT2D eigenvalue weighted by atomic mass is 10.2. The number of anilines is 1. The van der Waals surface area contributed by atoms with Crippen molar-refractivity contribution in [2.45, 2.75) is 18.2 Å². The van der Waals surface area contributed by atoms with Crippen LogP contribution < -0.4 is 14.8 Å². The average Bonchev–Trinajstić information content (AvgIpc) is 2.57. The van der Waals surface area contributed by atoms with Crippen LogP contribution in [-0.2, 0) is 10.1 Å². The minimum atomic E-state index is -4.00. The molecule has 134 valence electrons. The molecule has 0 aliphatic carbocycles. The molecule has 0 fully saturated rings. The predicted molar refractivity (Wildman–Crippen MR) is 97.8 cm³/mol. The Morgan fingerprint density at radius 1 is 1.16 bits per heavy atom. The van der Waals surface area contributed by atoms with E-state index in [9.17, 15) is 13.2 Å². The number of carbonyl (C=O) groups is 1. The molecule has 2 aromatic rings. The van der Waals surface area contributed by atoms with Gasteiger partial charge in [0.25, 0.3) is 0 Å². The number of urea groups is 1. The summed E-state index contributed by atoms with van der Waals surface area (Å²) < 4.78 is 30.1. The number of nitrogens with one attached hydrogen (secondary N) is 2. The maximum absolute atomic E-state index is 12.4. The van der Waals surface area contributed by atoms with Gasteiger partial charge in [0, 0.05) is 18.1 Å². The Morgan fingerprint density at radius 3 is 2.64 bits per heavy atom. The Kier molecular flexibility index (Phi) is 6.66. The van der Waals surface area contributed by atoms with Crippen molar-refractivity contribution in [2.24, 2.45) is 0 Å². The molecule has 2 amide bonds. The number of carbonyl (C=O) groups excluding carboxylic acids is 1. The normalized spacial score (nSPS) is 11.0. The van der Waals surface area contributed by atoms with Crippen LogP contribution in [0.3, 0.4) is 0 Å². The summed E-state index contributed by atoms with van der Waals surface area (Å²) in [5.41, 5.74) is 1.05. The first-order chi connectivity index (χ1) is 11.9. The van der Waals surface area contributed by atoms with Crippen LogP contribution in [0.15, 0.2) is 53.4 Å². The molecule has 8 heteroatoms. The third kappa shape index (κ3) is 5.65. The molecule has 0 saturated carbocycles. The Bertz CT molecular complexity index is 840. The summed E-state index contributed by atoms with van der Waals surface area (Å²) in [6.45, 7) is 2.19. The first-order valence-electron chi connectivity index (χ1n) is 7.63. The van der Waals surface area contributed by atoms with Gasteiger partial charge in [-0.15, -0.1) is 11.6 Å². The van der Waals surface area contributed by atoms with E-state index in [-0.39, 0.29) is 10.6 Å². The van der Waals surface area contributed by atoms with Gasteiger partial charge in [0.15, 0.2) is 0 Å². The van der Waals surface area contributed by atoms with Crippen LogP contribution in [0.1, 0.15) is 12.0 Å². The molecule has 25 heavy (non-hydrogen) atoms. The molecule has 0 aliphatic heterocycles. The van der Waals surface area contributed by atoms with Crippen LogP contribution >= 0.6 is 11.6 Å². The number of benzene rings is 2. The van der Waals surface area contributed by atoms with Gasteiger partial charge >= 0.3 is 16.1 Å². The number of aryl methyl sites for hydroxylation is 1. The van der Waals surface area contributed by atoms with Crippen LogP contribution in [0.4, 0.5) is 10.5 Å². The molecule has 0 heterocycles. The second-order valence-corrected chi connectivity index (χ2v) is 7.18. The van der Waals surface area contributed by atoms with Crippen molar-refractivity contribution >= 4 is 33.4 Å². The van der Waals surface area contributed by atoms with Crippen molar-refractivity contribution in [3.63, 3.8) is 0 Å². The summed E-state index contributed by atoms with van der Waals surface area (Å²) >= 11 is 5.54. The smallest absolute Gasteiger partial charge is 0.339 e. The number of rotatable bonds is 7. The third-order valence-corrected chi connectivity index (χ3v) is 4.77. The topological polar surface area (TPSA) is 84.5 Å². The molecule has 0 atom stereocenters. The van der Waals surface area contributed by atoms with Gasteiger partial charge in [-0.25, -0.2) is 4.79 Å². The summed E-state index contributed by atoms with van der Waals surface area (Å²) in [5, 5.41) is 5.20. The minimum absolute atomic E-state index is 0.0469. The summed E-state index contributed by atoms with van der Waals surface area (Å²) in [6.07, 6.45) is 0.646. The third-order valence-electron chi connectivity index (χ3n) is 3.27. The van der Waals surface area contributed by atoms with E-state index in [1.807, 2.05) is 0 Å². The van der Waals surface area contributed by atoms with Gasteiger partial charge in [0.2, 0.25) is 0 Å². The van der Waals surface area contributed by atoms with E-state index in [1.54, 1.807) is 37.3 Å². The Hall–Kier alpha value is -2.25. The van der Waals surface area contributed by atoms with E-state index >= 15 is 0 Å². The van der Waals surface area contributed by atoms with Crippen molar-refractivity contribution in [1.82, 2.24) is 5.32 Å². The molecule has 0 unspecified atom stereocenters. The molecule has 0 saturated heterocycles. The minimum Gasteiger partial charge on any atom is -0.379 e. The first kappa shape index (κ1) is 19.1. The van der Waals surface area contributed by atoms with E-state index < -0.39 is 16.1 Å². The van der Waals surface area contributed by atoms with E-state index in [4.69, 9.17) is 15.8 Å². The zero-order chi connectivity index (χ0) is 18.3. The average molecular weight is 383 g/mol. The van der Waals surface area contributed by atoms with Gasteiger partial charge in [0.1, 0.15) is 10.6 Å². The lowest BCUT2D eigenvalue weighted by molar-refractivity contribution is 0.252. The molecule has 2 N–H and O–H groups in total. The fourth-order valence-corrected chi connectivity index (χ4v) is 3.16. The fourth-order valence-electron chi connectivity index (χ4n) is 1.99. The number of halogens is 1. The second kappa shape index (κ2) is 8.73. The number of alkyl halides is 1. The molecule has 0 bridgehead atoms. The second-order valence-electron chi connectivity index (χ2n) is 5.25. The standard InChI is InChI=1S/C17H19ClN2O4S/c1-13-6-2-3-9-16(13)24-25(22,23)15-8-4-7-14(12-15)20-17(21)19-11-5-10-18/h2-4,6-9,12H,5,10-11H2,1H3,(H2,19,20,21).